The molecule has 1 aromatic carbocycles. The molecule has 0 spiro atoms. The first-order valence-corrected chi connectivity index (χ1v) is 8.99. The Bertz CT molecular complexity index is 724. The van der Waals surface area contributed by atoms with Gasteiger partial charge in [0.25, 0.3) is 11.7 Å². The third-order valence-electron chi connectivity index (χ3n) is 5.10. The second-order valence-corrected chi connectivity index (χ2v) is 6.92. The van der Waals surface area contributed by atoms with Gasteiger partial charge in [0.1, 0.15) is 26.2 Å². The van der Waals surface area contributed by atoms with Gasteiger partial charge in [0.15, 0.2) is 6.04 Å². The number of carbonyl (C=O) groups excluding carboxylic acids is 1. The van der Waals surface area contributed by atoms with Crippen LogP contribution in [-0.4, -0.2) is 38.1 Å². The molecule has 0 radical (unpaired) electrons. The molecule has 1 aliphatic rings. The first-order chi connectivity index (χ1) is 12.0. The van der Waals surface area contributed by atoms with Gasteiger partial charge in [-0.25, -0.2) is 4.98 Å². The number of hydrogen-bond donors (Lipinski definition) is 2. The highest BCUT2D eigenvalue weighted by Crippen LogP contribution is 2.16. The number of aromatic nitrogens is 1. The van der Waals surface area contributed by atoms with E-state index in [4.69, 9.17) is 0 Å². The summed E-state index contributed by atoms with van der Waals surface area (Å²) in [6.07, 6.45) is 1.95. The van der Waals surface area contributed by atoms with Gasteiger partial charge in [0.05, 0.1) is 6.20 Å². The number of rotatable bonds is 4. The molecule has 1 amide bonds. The van der Waals surface area contributed by atoms with Gasteiger partial charge in [-0.3, -0.25) is 9.69 Å². The second-order valence-electron chi connectivity index (χ2n) is 6.92. The Morgan fingerprint density at radius 3 is 2.64 bits per heavy atom. The number of quaternary nitrogens is 1. The summed E-state index contributed by atoms with van der Waals surface area (Å²) in [5.74, 6) is 1.25. The molecule has 2 aromatic rings. The first kappa shape index (κ1) is 17.4. The molecule has 3 N–H and O–H groups in total. The van der Waals surface area contributed by atoms with Crippen molar-refractivity contribution in [3.63, 3.8) is 0 Å². The van der Waals surface area contributed by atoms with Gasteiger partial charge in [0, 0.05) is 11.8 Å². The monoisotopic (exact) mass is 340 g/mol. The zero-order valence-corrected chi connectivity index (χ0v) is 15.3. The second kappa shape index (κ2) is 7.66. The van der Waals surface area contributed by atoms with Gasteiger partial charge < -0.3 is 10.2 Å². The van der Waals surface area contributed by atoms with Crippen molar-refractivity contribution in [3.8, 4) is 0 Å². The van der Waals surface area contributed by atoms with Crippen molar-refractivity contribution < 1.29 is 14.7 Å². The molecule has 0 saturated carbocycles. The van der Waals surface area contributed by atoms with E-state index in [1.165, 1.54) is 4.90 Å². The van der Waals surface area contributed by atoms with Crippen LogP contribution in [0.15, 0.2) is 42.6 Å². The summed E-state index contributed by atoms with van der Waals surface area (Å²) >= 11 is 0. The maximum absolute atomic E-state index is 12.7. The number of carbonyl (C=O) groups is 1. The summed E-state index contributed by atoms with van der Waals surface area (Å²) in [4.78, 5) is 19.7. The molecule has 5 heteroatoms. The fourth-order valence-corrected chi connectivity index (χ4v) is 3.35. The number of hydrogen-bond acceptors (Lipinski definition) is 2. The van der Waals surface area contributed by atoms with Crippen LogP contribution in [-0.2, 0) is 4.79 Å². The molecule has 1 saturated heterocycles. The van der Waals surface area contributed by atoms with Crippen LogP contribution in [0.25, 0.3) is 0 Å². The smallest absolute Gasteiger partial charge is 0.282 e. The van der Waals surface area contributed by atoms with Crippen LogP contribution in [0, 0.1) is 13.8 Å². The number of amides is 1. The Balaban J connectivity index is 1.57. The molecule has 0 bridgehead atoms. The van der Waals surface area contributed by atoms with Crippen LogP contribution in [0.5, 0.6) is 0 Å². The topological polar surface area (TPSA) is 50.9 Å². The van der Waals surface area contributed by atoms with E-state index in [-0.39, 0.29) is 11.9 Å². The van der Waals surface area contributed by atoms with Crippen LogP contribution >= 0.6 is 0 Å². The Labute approximate surface area is 149 Å². The van der Waals surface area contributed by atoms with Crippen LogP contribution in [0.1, 0.15) is 18.1 Å². The summed E-state index contributed by atoms with van der Waals surface area (Å²) < 4.78 is 0. The van der Waals surface area contributed by atoms with Crippen LogP contribution in [0.2, 0.25) is 0 Å². The average molecular weight is 340 g/mol. The Morgan fingerprint density at radius 2 is 1.96 bits per heavy atom. The maximum atomic E-state index is 12.7. The molecule has 0 unspecified atom stereocenters. The minimum Gasteiger partial charge on any atom is -0.321 e. The van der Waals surface area contributed by atoms with Gasteiger partial charge in [-0.15, -0.1) is 0 Å². The lowest BCUT2D eigenvalue weighted by Crippen LogP contribution is -3.19. The number of pyridine rings is 1. The van der Waals surface area contributed by atoms with E-state index in [9.17, 15) is 4.79 Å². The number of piperazine rings is 1. The molecule has 1 atom stereocenters. The molecule has 1 aliphatic heterocycles. The molecule has 132 valence electrons. The third kappa shape index (κ3) is 4.17. The van der Waals surface area contributed by atoms with Crippen LogP contribution < -0.4 is 20.1 Å². The highest BCUT2D eigenvalue weighted by atomic mass is 16.2. The van der Waals surface area contributed by atoms with E-state index < -0.39 is 0 Å². The van der Waals surface area contributed by atoms with Gasteiger partial charge in [-0.1, -0.05) is 18.2 Å². The molecule has 0 aliphatic carbocycles. The van der Waals surface area contributed by atoms with Gasteiger partial charge in [-0.2, -0.15) is 0 Å². The zero-order valence-electron chi connectivity index (χ0n) is 15.3. The van der Waals surface area contributed by atoms with Crippen molar-refractivity contribution in [1.29, 1.82) is 0 Å². The van der Waals surface area contributed by atoms with E-state index in [1.54, 1.807) is 0 Å². The molecule has 5 nitrogen and oxygen atoms in total. The van der Waals surface area contributed by atoms with Crippen molar-refractivity contribution in [2.45, 2.75) is 26.8 Å². The van der Waals surface area contributed by atoms with Crippen molar-refractivity contribution in [1.82, 2.24) is 0 Å². The number of aromatic amines is 1. The lowest BCUT2D eigenvalue weighted by molar-refractivity contribution is -0.914. The number of aryl methyl sites for hydroxylation is 2. The highest BCUT2D eigenvalue weighted by Gasteiger charge is 2.32. The van der Waals surface area contributed by atoms with Gasteiger partial charge >= 0.3 is 0 Å². The molecule has 25 heavy (non-hydrogen) atoms. The highest BCUT2D eigenvalue weighted by molar-refractivity contribution is 5.94. The summed E-state index contributed by atoms with van der Waals surface area (Å²) in [7, 11) is 0. The van der Waals surface area contributed by atoms with E-state index in [0.717, 1.165) is 48.8 Å². The van der Waals surface area contributed by atoms with Crippen LogP contribution in [0.4, 0.5) is 11.5 Å². The predicted molar refractivity (Wildman–Crippen MR) is 99.9 cm³/mol. The molecule has 1 aromatic heterocycles. The van der Waals surface area contributed by atoms with Crippen LogP contribution in [0.3, 0.4) is 0 Å². The Kier molecular flexibility index (Phi) is 5.34. The van der Waals surface area contributed by atoms with Gasteiger partial charge in [-0.05, 0) is 44.0 Å². The Morgan fingerprint density at radius 1 is 1.20 bits per heavy atom. The number of nitrogens with one attached hydrogen (secondary N) is 3. The largest absolute Gasteiger partial charge is 0.321 e. The van der Waals surface area contributed by atoms with Crippen molar-refractivity contribution in [2.75, 3.05) is 36.4 Å². The number of H-pyrrole nitrogens is 1. The third-order valence-corrected chi connectivity index (χ3v) is 5.10. The molecular formula is C20H28N4O+2. The summed E-state index contributed by atoms with van der Waals surface area (Å²) in [5.41, 5.74) is 3.19. The van der Waals surface area contributed by atoms with Gasteiger partial charge in [0.2, 0.25) is 0 Å². The first-order valence-electron chi connectivity index (χ1n) is 8.99. The number of nitrogens with zero attached hydrogens (tertiary/aromatic N) is 1. The standard InChI is InChI=1S/C20H26N4O/c1-15-7-8-16(2)18(14-15)22-20(25)17(3)23-10-12-24(13-11-23)19-6-4-5-9-21-19/h4-9,14,17H,10-13H2,1-3H3,(H,22,25)/p+2/t17-/m0/s1. The van der Waals surface area contributed by atoms with E-state index in [2.05, 4.69) is 33.4 Å². The van der Waals surface area contributed by atoms with E-state index in [0.29, 0.717) is 0 Å². The average Bonchev–Trinajstić information content (AvgIpc) is 2.65. The summed E-state index contributed by atoms with van der Waals surface area (Å²) in [6.45, 7) is 9.94. The van der Waals surface area contributed by atoms with Crippen molar-refractivity contribution >= 4 is 17.4 Å². The lowest BCUT2D eigenvalue weighted by Gasteiger charge is -2.31. The fourth-order valence-electron chi connectivity index (χ4n) is 3.35. The fraction of sp³-hybridized carbons (Fsp3) is 0.400. The minimum atomic E-state index is -0.0539. The van der Waals surface area contributed by atoms with E-state index >= 15 is 0 Å². The predicted octanol–water partition coefficient (Wildman–Crippen LogP) is 0.850. The molecular weight excluding hydrogens is 312 g/mol. The maximum Gasteiger partial charge on any atom is 0.282 e. The van der Waals surface area contributed by atoms with E-state index in [1.807, 2.05) is 45.2 Å². The lowest BCUT2D eigenvalue weighted by atomic mass is 10.1. The van der Waals surface area contributed by atoms with Crippen molar-refractivity contribution in [3.05, 3.63) is 53.7 Å². The zero-order chi connectivity index (χ0) is 17.8. The SMILES string of the molecule is Cc1ccc(C)c(NC(=O)[C@H](C)[NH+]2CCN(c3cccc[nH+]3)CC2)c1. The number of anilines is 2. The minimum absolute atomic E-state index is 0.0539. The summed E-state index contributed by atoms with van der Waals surface area (Å²) in [5, 5.41) is 3.11. The quantitative estimate of drug-likeness (QED) is 0.867. The molecule has 1 fully saturated rings. The summed E-state index contributed by atoms with van der Waals surface area (Å²) in [6, 6.07) is 12.2. The molecule has 2 heterocycles. The van der Waals surface area contributed by atoms with Crippen molar-refractivity contribution in [2.24, 2.45) is 0 Å². The molecule has 3 rings (SSSR count). The number of benzene rings is 1. The normalized spacial score (nSPS) is 16.5. The Hall–Kier alpha value is -2.40.